The highest BCUT2D eigenvalue weighted by Crippen LogP contribution is 2.30. The van der Waals surface area contributed by atoms with Gasteiger partial charge in [0.05, 0.1) is 5.69 Å². The van der Waals surface area contributed by atoms with Crippen LogP contribution in [0.1, 0.15) is 11.3 Å². The van der Waals surface area contributed by atoms with Gasteiger partial charge in [0.2, 0.25) is 0 Å². The normalized spacial score (nSPS) is 10.7. The molecule has 0 fully saturated rings. The predicted octanol–water partition coefficient (Wildman–Crippen LogP) is 4.76. The molecule has 0 bridgehead atoms. The average molecular weight is 327 g/mol. The number of benzene rings is 2. The number of nitrogens with zero attached hydrogens (tertiary/aromatic N) is 1. The largest absolute Gasteiger partial charge is 0.486 e. The van der Waals surface area contributed by atoms with Crippen LogP contribution in [-0.4, -0.2) is 4.98 Å². The van der Waals surface area contributed by atoms with Crippen molar-refractivity contribution in [3.63, 3.8) is 0 Å². The summed E-state index contributed by atoms with van der Waals surface area (Å²) < 4.78 is 6.96. The number of ether oxygens (including phenoxy) is 1. The second kappa shape index (κ2) is 5.63. The SMILES string of the molecule is [CH2]c1ncc2cc(Br)ccc2c1OCc1ccccc1. The van der Waals surface area contributed by atoms with Gasteiger partial charge in [-0.2, -0.15) is 0 Å². The van der Waals surface area contributed by atoms with Gasteiger partial charge in [-0.15, -0.1) is 0 Å². The third kappa shape index (κ3) is 2.68. The van der Waals surface area contributed by atoms with Crippen LogP contribution in [0, 0.1) is 6.92 Å². The molecule has 0 aliphatic carbocycles. The van der Waals surface area contributed by atoms with E-state index in [9.17, 15) is 0 Å². The van der Waals surface area contributed by atoms with Crippen LogP contribution in [0.25, 0.3) is 10.8 Å². The smallest absolute Gasteiger partial charge is 0.149 e. The van der Waals surface area contributed by atoms with Crippen LogP contribution in [0.15, 0.2) is 59.2 Å². The van der Waals surface area contributed by atoms with Crippen molar-refractivity contribution in [2.24, 2.45) is 0 Å². The molecular weight excluding hydrogens is 314 g/mol. The fourth-order valence-electron chi connectivity index (χ4n) is 2.10. The van der Waals surface area contributed by atoms with Gasteiger partial charge in [-0.1, -0.05) is 46.3 Å². The molecule has 1 heterocycles. The van der Waals surface area contributed by atoms with Gasteiger partial charge in [0.15, 0.2) is 0 Å². The predicted molar refractivity (Wildman–Crippen MR) is 84.7 cm³/mol. The van der Waals surface area contributed by atoms with Crippen LogP contribution in [-0.2, 0) is 6.61 Å². The second-order valence-corrected chi connectivity index (χ2v) is 5.46. The lowest BCUT2D eigenvalue weighted by Gasteiger charge is -2.12. The fraction of sp³-hybridized carbons (Fsp3) is 0.0588. The number of halogens is 1. The second-order valence-electron chi connectivity index (χ2n) is 4.54. The van der Waals surface area contributed by atoms with Gasteiger partial charge >= 0.3 is 0 Å². The minimum Gasteiger partial charge on any atom is -0.486 e. The summed E-state index contributed by atoms with van der Waals surface area (Å²) in [5.74, 6) is 0.749. The zero-order chi connectivity index (χ0) is 13.9. The van der Waals surface area contributed by atoms with Gasteiger partial charge in [-0.3, -0.25) is 4.98 Å². The molecule has 0 atom stereocenters. The first-order chi connectivity index (χ1) is 9.74. The maximum Gasteiger partial charge on any atom is 0.149 e. The van der Waals surface area contributed by atoms with Gasteiger partial charge in [-0.05, 0) is 30.7 Å². The molecule has 0 saturated heterocycles. The third-order valence-electron chi connectivity index (χ3n) is 3.11. The van der Waals surface area contributed by atoms with Crippen molar-refractivity contribution >= 4 is 26.7 Å². The van der Waals surface area contributed by atoms with Gasteiger partial charge in [0, 0.05) is 21.4 Å². The molecule has 0 aliphatic heterocycles. The molecule has 0 amide bonds. The van der Waals surface area contributed by atoms with E-state index in [1.165, 1.54) is 0 Å². The highest BCUT2D eigenvalue weighted by atomic mass is 79.9. The summed E-state index contributed by atoms with van der Waals surface area (Å²) in [7, 11) is 0. The Bertz CT molecular complexity index is 741. The third-order valence-corrected chi connectivity index (χ3v) is 3.60. The number of rotatable bonds is 3. The van der Waals surface area contributed by atoms with Gasteiger partial charge in [0.25, 0.3) is 0 Å². The molecule has 3 aromatic rings. The summed E-state index contributed by atoms with van der Waals surface area (Å²) in [6.45, 7) is 4.47. The molecule has 3 rings (SSSR count). The van der Waals surface area contributed by atoms with E-state index in [1.807, 2.05) is 54.7 Å². The van der Waals surface area contributed by atoms with Crippen molar-refractivity contribution in [1.82, 2.24) is 4.98 Å². The van der Waals surface area contributed by atoms with Crippen molar-refractivity contribution in [2.75, 3.05) is 0 Å². The van der Waals surface area contributed by atoms with Crippen LogP contribution >= 0.6 is 15.9 Å². The Morgan fingerprint density at radius 3 is 2.70 bits per heavy atom. The molecule has 20 heavy (non-hydrogen) atoms. The summed E-state index contributed by atoms with van der Waals surface area (Å²) in [6, 6.07) is 16.1. The van der Waals surface area contributed by atoms with E-state index in [0.717, 1.165) is 26.6 Å². The summed E-state index contributed by atoms with van der Waals surface area (Å²) in [6.07, 6.45) is 1.82. The lowest BCUT2D eigenvalue weighted by atomic mass is 10.1. The van der Waals surface area contributed by atoms with Crippen molar-refractivity contribution < 1.29 is 4.74 Å². The first kappa shape index (κ1) is 13.1. The molecule has 0 unspecified atom stereocenters. The first-order valence-electron chi connectivity index (χ1n) is 6.31. The standard InChI is InChI=1S/C17H13BrNO/c1-12-17(20-11-13-5-3-2-4-6-13)16-8-7-15(18)9-14(16)10-19-12/h2-10H,1,11H2. The van der Waals surface area contributed by atoms with Crippen molar-refractivity contribution in [1.29, 1.82) is 0 Å². The molecule has 3 heteroatoms. The lowest BCUT2D eigenvalue weighted by Crippen LogP contribution is -1.99. The van der Waals surface area contributed by atoms with Crippen molar-refractivity contribution in [3.8, 4) is 5.75 Å². The summed E-state index contributed by atoms with van der Waals surface area (Å²) in [4.78, 5) is 4.30. The summed E-state index contributed by atoms with van der Waals surface area (Å²) in [5, 5.41) is 2.07. The summed E-state index contributed by atoms with van der Waals surface area (Å²) in [5.41, 5.74) is 1.79. The van der Waals surface area contributed by atoms with E-state index in [2.05, 4.69) is 27.8 Å². The first-order valence-corrected chi connectivity index (χ1v) is 7.10. The Hall–Kier alpha value is -1.87. The Morgan fingerprint density at radius 1 is 1.10 bits per heavy atom. The van der Waals surface area contributed by atoms with Gasteiger partial charge in [0.1, 0.15) is 12.4 Å². The van der Waals surface area contributed by atoms with Crippen molar-refractivity contribution in [3.05, 3.63) is 77.4 Å². The number of fused-ring (bicyclic) bond motifs is 1. The Morgan fingerprint density at radius 2 is 1.90 bits per heavy atom. The number of hydrogen-bond donors (Lipinski definition) is 0. The molecule has 0 saturated carbocycles. The highest BCUT2D eigenvalue weighted by Gasteiger charge is 2.08. The van der Waals surface area contributed by atoms with E-state index in [1.54, 1.807) is 0 Å². The molecule has 1 aromatic heterocycles. The van der Waals surface area contributed by atoms with Crippen LogP contribution in [0.5, 0.6) is 5.75 Å². The Balaban J connectivity index is 1.96. The topological polar surface area (TPSA) is 22.1 Å². The maximum atomic E-state index is 5.94. The van der Waals surface area contributed by atoms with Crippen molar-refractivity contribution in [2.45, 2.75) is 6.61 Å². The molecule has 2 nitrogen and oxygen atoms in total. The van der Waals surface area contributed by atoms with E-state index in [4.69, 9.17) is 4.74 Å². The van der Waals surface area contributed by atoms with Gasteiger partial charge < -0.3 is 4.74 Å². The maximum absolute atomic E-state index is 5.94. The van der Waals surface area contributed by atoms with Crippen LogP contribution in [0.4, 0.5) is 0 Å². The molecule has 0 spiro atoms. The lowest BCUT2D eigenvalue weighted by molar-refractivity contribution is 0.307. The van der Waals surface area contributed by atoms with E-state index >= 15 is 0 Å². The van der Waals surface area contributed by atoms with Gasteiger partial charge in [-0.25, -0.2) is 0 Å². The van der Waals surface area contributed by atoms with Crippen LogP contribution in [0.2, 0.25) is 0 Å². The molecule has 1 radical (unpaired) electrons. The minimum absolute atomic E-state index is 0.514. The van der Waals surface area contributed by atoms with Crippen LogP contribution in [0.3, 0.4) is 0 Å². The van der Waals surface area contributed by atoms with E-state index in [0.29, 0.717) is 12.3 Å². The van der Waals surface area contributed by atoms with E-state index in [-0.39, 0.29) is 0 Å². The Kier molecular flexibility index (Phi) is 3.70. The number of aromatic nitrogens is 1. The molecule has 2 aromatic carbocycles. The highest BCUT2D eigenvalue weighted by molar-refractivity contribution is 9.10. The van der Waals surface area contributed by atoms with E-state index < -0.39 is 0 Å². The molecule has 99 valence electrons. The minimum atomic E-state index is 0.514. The average Bonchev–Trinajstić information content (AvgIpc) is 2.47. The monoisotopic (exact) mass is 326 g/mol. The number of hydrogen-bond acceptors (Lipinski definition) is 2. The zero-order valence-corrected chi connectivity index (χ0v) is 12.4. The van der Waals surface area contributed by atoms with Crippen LogP contribution < -0.4 is 4.74 Å². The fourth-order valence-corrected chi connectivity index (χ4v) is 2.48. The summed E-state index contributed by atoms with van der Waals surface area (Å²) >= 11 is 3.47. The molecule has 0 aliphatic rings. The molecular formula is C17H13BrNO. The number of pyridine rings is 1. The molecule has 0 N–H and O–H groups in total. The quantitative estimate of drug-likeness (QED) is 0.692. The Labute approximate surface area is 126 Å². The zero-order valence-electron chi connectivity index (χ0n) is 10.8.